The molecule has 0 bridgehead atoms. The molecule has 0 radical (unpaired) electrons. The van der Waals surface area contributed by atoms with Crippen LogP contribution in [0.2, 0.25) is 0 Å². The van der Waals surface area contributed by atoms with Gasteiger partial charge in [-0.25, -0.2) is 4.98 Å². The van der Waals surface area contributed by atoms with E-state index in [1.54, 1.807) is 7.11 Å². The van der Waals surface area contributed by atoms with Gasteiger partial charge in [-0.3, -0.25) is 4.79 Å². The Hall–Kier alpha value is -2.04. The fraction of sp³-hybridized carbons (Fsp3) is 0.500. The predicted octanol–water partition coefficient (Wildman–Crippen LogP) is 2.66. The number of methoxy groups -OCH3 is 1. The Balaban J connectivity index is 2.12. The molecule has 21 heavy (non-hydrogen) atoms. The zero-order valence-electron chi connectivity index (χ0n) is 12.7. The zero-order chi connectivity index (χ0) is 15.0. The number of carbonyl (C=O) groups excluding carboxylic acids is 1. The molecule has 1 heterocycles. The van der Waals surface area contributed by atoms with Gasteiger partial charge in [0.2, 0.25) is 0 Å². The van der Waals surface area contributed by atoms with Crippen LogP contribution in [0.4, 0.5) is 0 Å². The quantitative estimate of drug-likeness (QED) is 0.794. The Morgan fingerprint density at radius 1 is 1.38 bits per heavy atom. The molecular formula is C16H20N2O3. The molecule has 0 unspecified atom stereocenters. The van der Waals surface area contributed by atoms with Crippen molar-refractivity contribution in [2.45, 2.75) is 38.6 Å². The number of imidazole rings is 1. The van der Waals surface area contributed by atoms with E-state index in [1.165, 1.54) is 0 Å². The van der Waals surface area contributed by atoms with E-state index in [4.69, 9.17) is 14.5 Å². The molecule has 1 fully saturated rings. The zero-order valence-corrected chi connectivity index (χ0v) is 12.7. The van der Waals surface area contributed by atoms with Crippen LogP contribution in [0.3, 0.4) is 0 Å². The normalized spacial score (nSPS) is 16.0. The maximum absolute atomic E-state index is 12.3. The SMILES string of the molecule is CCOC(=O)C1(c2nc3cc(OC)ccc3n2CC)CC1. The fourth-order valence-electron chi connectivity index (χ4n) is 2.84. The standard InChI is InChI=1S/C16H20N2O3/c1-4-18-13-7-6-11(20-3)10-12(13)17-14(18)16(8-9-16)15(19)21-5-2/h6-7,10H,4-5,8-9H2,1-3H3. The molecule has 5 nitrogen and oxygen atoms in total. The molecule has 0 saturated heterocycles. The highest BCUT2D eigenvalue weighted by molar-refractivity contribution is 5.88. The van der Waals surface area contributed by atoms with Gasteiger partial charge in [0, 0.05) is 12.6 Å². The Morgan fingerprint density at radius 2 is 2.14 bits per heavy atom. The minimum absolute atomic E-state index is 0.151. The number of benzene rings is 1. The van der Waals surface area contributed by atoms with Crippen molar-refractivity contribution >= 4 is 17.0 Å². The average molecular weight is 288 g/mol. The summed E-state index contributed by atoms with van der Waals surface area (Å²) in [6, 6.07) is 5.82. The highest BCUT2D eigenvalue weighted by Crippen LogP contribution is 2.49. The van der Waals surface area contributed by atoms with Crippen LogP contribution in [-0.4, -0.2) is 29.2 Å². The van der Waals surface area contributed by atoms with Crippen LogP contribution in [-0.2, 0) is 21.5 Å². The Kier molecular flexibility index (Phi) is 3.35. The van der Waals surface area contributed by atoms with E-state index in [0.29, 0.717) is 6.61 Å². The molecule has 0 spiro atoms. The first kappa shape index (κ1) is 13.9. The van der Waals surface area contributed by atoms with Crippen molar-refractivity contribution in [2.24, 2.45) is 0 Å². The summed E-state index contributed by atoms with van der Waals surface area (Å²) in [5, 5.41) is 0. The lowest BCUT2D eigenvalue weighted by molar-refractivity contribution is -0.146. The minimum atomic E-state index is -0.543. The van der Waals surface area contributed by atoms with Crippen molar-refractivity contribution in [1.82, 2.24) is 9.55 Å². The Morgan fingerprint density at radius 3 is 2.71 bits per heavy atom. The smallest absolute Gasteiger partial charge is 0.319 e. The van der Waals surface area contributed by atoms with Crippen molar-refractivity contribution in [2.75, 3.05) is 13.7 Å². The summed E-state index contributed by atoms with van der Waals surface area (Å²) in [6.45, 7) is 5.08. The molecule has 5 heteroatoms. The summed E-state index contributed by atoms with van der Waals surface area (Å²) in [6.07, 6.45) is 1.62. The van der Waals surface area contributed by atoms with Crippen LogP contribution in [0, 0.1) is 0 Å². The third kappa shape index (κ3) is 2.07. The highest BCUT2D eigenvalue weighted by Gasteiger charge is 2.56. The summed E-state index contributed by atoms with van der Waals surface area (Å²) in [5.74, 6) is 1.45. The molecule has 1 aromatic carbocycles. The van der Waals surface area contributed by atoms with Gasteiger partial charge in [-0.1, -0.05) is 0 Å². The van der Waals surface area contributed by atoms with E-state index in [9.17, 15) is 4.79 Å². The number of fused-ring (bicyclic) bond motifs is 1. The summed E-state index contributed by atoms with van der Waals surface area (Å²) in [5.41, 5.74) is 1.35. The average Bonchev–Trinajstić information content (AvgIpc) is 3.22. The maximum Gasteiger partial charge on any atom is 0.319 e. The lowest BCUT2D eigenvalue weighted by Crippen LogP contribution is -2.27. The van der Waals surface area contributed by atoms with Crippen LogP contribution >= 0.6 is 0 Å². The minimum Gasteiger partial charge on any atom is -0.497 e. The first-order valence-electron chi connectivity index (χ1n) is 7.38. The molecule has 2 aromatic rings. The summed E-state index contributed by atoms with van der Waals surface area (Å²) >= 11 is 0. The summed E-state index contributed by atoms with van der Waals surface area (Å²) in [4.78, 5) is 17.0. The van der Waals surface area contributed by atoms with Crippen molar-refractivity contribution < 1.29 is 14.3 Å². The largest absolute Gasteiger partial charge is 0.497 e. The van der Waals surface area contributed by atoms with Crippen molar-refractivity contribution in [3.05, 3.63) is 24.0 Å². The molecular weight excluding hydrogens is 268 g/mol. The second-order valence-electron chi connectivity index (χ2n) is 5.34. The second-order valence-corrected chi connectivity index (χ2v) is 5.34. The van der Waals surface area contributed by atoms with Gasteiger partial charge in [0.25, 0.3) is 0 Å². The number of hydrogen-bond donors (Lipinski definition) is 0. The van der Waals surface area contributed by atoms with Gasteiger partial charge in [0.15, 0.2) is 0 Å². The maximum atomic E-state index is 12.3. The Bertz CT molecular complexity index is 686. The molecule has 112 valence electrons. The third-order valence-corrected chi connectivity index (χ3v) is 4.12. The van der Waals surface area contributed by atoms with Crippen LogP contribution in [0.1, 0.15) is 32.5 Å². The van der Waals surface area contributed by atoms with E-state index < -0.39 is 5.41 Å². The van der Waals surface area contributed by atoms with Crippen LogP contribution in [0.25, 0.3) is 11.0 Å². The molecule has 0 N–H and O–H groups in total. The van der Waals surface area contributed by atoms with E-state index in [-0.39, 0.29) is 5.97 Å². The monoisotopic (exact) mass is 288 g/mol. The first-order chi connectivity index (χ1) is 10.2. The Labute approximate surface area is 123 Å². The predicted molar refractivity (Wildman–Crippen MR) is 79.5 cm³/mol. The number of hydrogen-bond acceptors (Lipinski definition) is 4. The highest BCUT2D eigenvalue weighted by atomic mass is 16.5. The van der Waals surface area contributed by atoms with Gasteiger partial charge in [0.05, 0.1) is 24.8 Å². The van der Waals surface area contributed by atoms with Gasteiger partial charge in [-0.2, -0.15) is 0 Å². The number of carbonyl (C=O) groups is 1. The van der Waals surface area contributed by atoms with Crippen molar-refractivity contribution in [3.8, 4) is 5.75 Å². The lowest BCUT2D eigenvalue weighted by atomic mass is 10.1. The number of rotatable bonds is 5. The molecule has 0 atom stereocenters. The van der Waals surface area contributed by atoms with Crippen molar-refractivity contribution in [1.29, 1.82) is 0 Å². The molecule has 1 aliphatic carbocycles. The molecule has 1 aliphatic rings. The topological polar surface area (TPSA) is 53.4 Å². The number of ether oxygens (including phenoxy) is 2. The molecule has 1 aromatic heterocycles. The molecule has 0 amide bonds. The number of aryl methyl sites for hydroxylation is 1. The number of nitrogens with zero attached hydrogens (tertiary/aromatic N) is 2. The molecule has 3 rings (SSSR count). The van der Waals surface area contributed by atoms with Crippen molar-refractivity contribution in [3.63, 3.8) is 0 Å². The lowest BCUT2D eigenvalue weighted by Gasteiger charge is -2.15. The first-order valence-corrected chi connectivity index (χ1v) is 7.38. The number of esters is 1. The third-order valence-electron chi connectivity index (χ3n) is 4.12. The van der Waals surface area contributed by atoms with Crippen LogP contribution < -0.4 is 4.74 Å². The molecule has 0 aliphatic heterocycles. The molecule has 1 saturated carbocycles. The van der Waals surface area contributed by atoms with Crippen LogP contribution in [0.15, 0.2) is 18.2 Å². The van der Waals surface area contributed by atoms with Crippen LogP contribution in [0.5, 0.6) is 5.75 Å². The van der Waals surface area contributed by atoms with Gasteiger partial charge < -0.3 is 14.0 Å². The van der Waals surface area contributed by atoms with E-state index in [1.807, 2.05) is 25.1 Å². The van der Waals surface area contributed by atoms with E-state index in [2.05, 4.69) is 11.5 Å². The summed E-state index contributed by atoms with van der Waals surface area (Å²) < 4.78 is 12.6. The van der Waals surface area contributed by atoms with Gasteiger partial charge in [0.1, 0.15) is 17.0 Å². The van der Waals surface area contributed by atoms with Gasteiger partial charge >= 0.3 is 5.97 Å². The second kappa shape index (κ2) is 5.06. The number of aromatic nitrogens is 2. The van der Waals surface area contributed by atoms with Gasteiger partial charge in [-0.15, -0.1) is 0 Å². The van der Waals surface area contributed by atoms with E-state index in [0.717, 1.165) is 42.0 Å². The fourth-order valence-corrected chi connectivity index (χ4v) is 2.84. The van der Waals surface area contributed by atoms with E-state index >= 15 is 0 Å². The summed E-state index contributed by atoms with van der Waals surface area (Å²) in [7, 11) is 1.64. The van der Waals surface area contributed by atoms with Gasteiger partial charge in [-0.05, 0) is 38.8 Å².